The first-order valence-corrected chi connectivity index (χ1v) is 5.19. The Balaban J connectivity index is 3.16. The Bertz CT molecular complexity index is 403. The Labute approximate surface area is 95.3 Å². The lowest BCUT2D eigenvalue weighted by Gasteiger charge is -2.05. The zero-order valence-electron chi connectivity index (χ0n) is 8.39. The molecule has 2 N–H and O–H groups in total. The van der Waals surface area contributed by atoms with Crippen molar-refractivity contribution in [2.75, 3.05) is 0 Å². The summed E-state index contributed by atoms with van der Waals surface area (Å²) in [5, 5.41) is 0. The van der Waals surface area contributed by atoms with Crippen molar-refractivity contribution in [3.8, 4) is 0 Å². The van der Waals surface area contributed by atoms with Gasteiger partial charge >= 0.3 is 0 Å². The van der Waals surface area contributed by atoms with Gasteiger partial charge in [0.25, 0.3) is 0 Å². The molecule has 0 saturated carbocycles. The second-order valence-electron chi connectivity index (χ2n) is 3.41. The van der Waals surface area contributed by atoms with Gasteiger partial charge in [-0.15, -0.1) is 0 Å². The van der Waals surface area contributed by atoms with Crippen molar-refractivity contribution in [3.05, 3.63) is 28.2 Å². The summed E-state index contributed by atoms with van der Waals surface area (Å²) in [6.45, 7) is 3.69. The van der Waals surface area contributed by atoms with Crippen LogP contribution in [0.3, 0.4) is 0 Å². The molecule has 0 amide bonds. The van der Waals surface area contributed by atoms with E-state index >= 15 is 0 Å². The minimum Gasteiger partial charge on any atom is -0.387 e. The van der Waals surface area contributed by atoms with Gasteiger partial charge in [0, 0.05) is 12.0 Å². The van der Waals surface area contributed by atoms with Crippen LogP contribution in [0.2, 0.25) is 0 Å². The van der Waals surface area contributed by atoms with Crippen molar-refractivity contribution >= 4 is 27.5 Å². The fourth-order valence-electron chi connectivity index (χ4n) is 0.866. The number of hydrogen-bond acceptors (Lipinski definition) is 1. The molecule has 0 aromatic heterocycles. The normalized spacial score (nSPS) is 12.3. The number of hydrogen-bond donors (Lipinski definition) is 1. The summed E-state index contributed by atoms with van der Waals surface area (Å²) in [6, 6.07) is 2.04. The summed E-state index contributed by atoms with van der Waals surface area (Å²) in [6.07, 6.45) is 0. The van der Waals surface area contributed by atoms with Crippen molar-refractivity contribution in [2.45, 2.75) is 13.8 Å². The van der Waals surface area contributed by atoms with Gasteiger partial charge in [-0.25, -0.2) is 13.8 Å². The van der Waals surface area contributed by atoms with E-state index in [1.165, 1.54) is 6.07 Å². The molecule has 0 unspecified atom stereocenters. The van der Waals surface area contributed by atoms with E-state index in [4.69, 9.17) is 5.73 Å². The third-order valence-electron chi connectivity index (χ3n) is 1.83. The van der Waals surface area contributed by atoms with Crippen LogP contribution in [0, 0.1) is 17.6 Å². The molecule has 0 atom stereocenters. The van der Waals surface area contributed by atoms with E-state index in [0.717, 1.165) is 6.07 Å². The number of nitrogens with zero attached hydrogens (tertiary/aromatic N) is 1. The molecule has 1 rings (SSSR count). The van der Waals surface area contributed by atoms with Crippen LogP contribution in [0.1, 0.15) is 13.8 Å². The molecule has 82 valence electrons. The molecule has 0 spiro atoms. The predicted molar refractivity (Wildman–Crippen MR) is 60.2 cm³/mol. The summed E-state index contributed by atoms with van der Waals surface area (Å²) >= 11 is 2.96. The number of nitrogens with two attached hydrogens (primary N) is 1. The fraction of sp³-hybridized carbons (Fsp3) is 0.300. The number of amidine groups is 1. The third-order valence-corrected chi connectivity index (χ3v) is 2.44. The first kappa shape index (κ1) is 12.1. The van der Waals surface area contributed by atoms with Crippen LogP contribution >= 0.6 is 15.9 Å². The highest BCUT2D eigenvalue weighted by Crippen LogP contribution is 2.26. The molecule has 0 aliphatic heterocycles. The van der Waals surface area contributed by atoms with E-state index in [1.807, 2.05) is 13.8 Å². The van der Waals surface area contributed by atoms with Gasteiger partial charge in [-0.1, -0.05) is 13.8 Å². The minimum atomic E-state index is -0.723. The van der Waals surface area contributed by atoms with Crippen LogP contribution in [-0.4, -0.2) is 5.84 Å². The lowest BCUT2D eigenvalue weighted by atomic mass is 10.2. The number of halogens is 3. The summed E-state index contributed by atoms with van der Waals surface area (Å²) in [7, 11) is 0. The quantitative estimate of drug-likeness (QED) is 0.502. The lowest BCUT2D eigenvalue weighted by molar-refractivity contribution is 0.580. The van der Waals surface area contributed by atoms with Crippen molar-refractivity contribution in [1.82, 2.24) is 0 Å². The molecular weight excluding hydrogens is 266 g/mol. The van der Waals surface area contributed by atoms with E-state index in [-0.39, 0.29) is 16.1 Å². The number of rotatable bonds is 2. The SMILES string of the molecule is CC(C)C(N)=Nc1cc(Br)c(F)cc1F. The monoisotopic (exact) mass is 276 g/mol. The third kappa shape index (κ3) is 2.99. The van der Waals surface area contributed by atoms with Crippen LogP contribution < -0.4 is 5.73 Å². The Hall–Kier alpha value is -0.970. The summed E-state index contributed by atoms with van der Waals surface area (Å²) < 4.78 is 26.3. The Kier molecular flexibility index (Phi) is 3.79. The number of aliphatic imine (C=N–C) groups is 1. The maximum Gasteiger partial charge on any atom is 0.151 e. The maximum atomic E-state index is 13.2. The van der Waals surface area contributed by atoms with Crippen LogP contribution in [0.15, 0.2) is 21.6 Å². The summed E-state index contributed by atoms with van der Waals surface area (Å²) in [4.78, 5) is 3.88. The standard InChI is InChI=1S/C10H11BrF2N2/c1-5(2)10(14)15-9-3-6(11)7(12)4-8(9)13/h3-5H,1-2H3,(H2,14,15). The average molecular weight is 277 g/mol. The molecule has 0 saturated heterocycles. The van der Waals surface area contributed by atoms with Gasteiger partial charge in [0.05, 0.1) is 4.47 Å². The number of benzene rings is 1. The van der Waals surface area contributed by atoms with Gasteiger partial charge in [-0.3, -0.25) is 0 Å². The van der Waals surface area contributed by atoms with Gasteiger partial charge in [-0.2, -0.15) is 0 Å². The second-order valence-corrected chi connectivity index (χ2v) is 4.26. The predicted octanol–water partition coefficient (Wildman–Crippen LogP) is 3.37. The lowest BCUT2D eigenvalue weighted by Crippen LogP contribution is -2.18. The Morgan fingerprint density at radius 1 is 1.33 bits per heavy atom. The Morgan fingerprint density at radius 2 is 1.93 bits per heavy atom. The largest absolute Gasteiger partial charge is 0.387 e. The van der Waals surface area contributed by atoms with Crippen LogP contribution in [0.25, 0.3) is 0 Å². The highest BCUT2D eigenvalue weighted by atomic mass is 79.9. The zero-order valence-corrected chi connectivity index (χ0v) is 9.98. The van der Waals surface area contributed by atoms with Gasteiger partial charge in [0.1, 0.15) is 17.3 Å². The molecule has 0 heterocycles. The molecule has 0 aliphatic rings. The Morgan fingerprint density at radius 3 is 2.47 bits per heavy atom. The zero-order chi connectivity index (χ0) is 11.6. The molecule has 0 aliphatic carbocycles. The van der Waals surface area contributed by atoms with Gasteiger partial charge < -0.3 is 5.73 Å². The molecule has 2 nitrogen and oxygen atoms in total. The van der Waals surface area contributed by atoms with E-state index in [9.17, 15) is 8.78 Å². The van der Waals surface area contributed by atoms with Gasteiger partial charge in [0.2, 0.25) is 0 Å². The molecular formula is C10H11BrF2N2. The van der Waals surface area contributed by atoms with Crippen LogP contribution in [0.4, 0.5) is 14.5 Å². The second kappa shape index (κ2) is 4.70. The van der Waals surface area contributed by atoms with Crippen molar-refractivity contribution in [1.29, 1.82) is 0 Å². The van der Waals surface area contributed by atoms with Crippen molar-refractivity contribution in [2.24, 2.45) is 16.6 Å². The molecule has 5 heteroatoms. The van der Waals surface area contributed by atoms with Gasteiger partial charge in [0.15, 0.2) is 5.82 Å². The summed E-state index contributed by atoms with van der Waals surface area (Å²) in [5.74, 6) is -1.05. The van der Waals surface area contributed by atoms with E-state index in [1.54, 1.807) is 0 Å². The molecule has 15 heavy (non-hydrogen) atoms. The van der Waals surface area contributed by atoms with Crippen LogP contribution in [0.5, 0.6) is 0 Å². The molecule has 0 radical (unpaired) electrons. The molecule has 1 aromatic rings. The highest BCUT2D eigenvalue weighted by molar-refractivity contribution is 9.10. The van der Waals surface area contributed by atoms with E-state index in [0.29, 0.717) is 5.84 Å². The minimum absolute atomic E-state index is 0.0215. The smallest absolute Gasteiger partial charge is 0.151 e. The fourth-order valence-corrected chi connectivity index (χ4v) is 1.20. The topological polar surface area (TPSA) is 38.4 Å². The van der Waals surface area contributed by atoms with E-state index < -0.39 is 11.6 Å². The van der Waals surface area contributed by atoms with Crippen molar-refractivity contribution < 1.29 is 8.78 Å². The highest BCUT2D eigenvalue weighted by Gasteiger charge is 2.08. The first-order valence-electron chi connectivity index (χ1n) is 4.40. The molecule has 0 fully saturated rings. The van der Waals surface area contributed by atoms with E-state index in [2.05, 4.69) is 20.9 Å². The first-order chi connectivity index (χ1) is 6.91. The molecule has 1 aromatic carbocycles. The average Bonchev–Trinajstić information content (AvgIpc) is 2.13. The summed E-state index contributed by atoms with van der Waals surface area (Å²) in [5.41, 5.74) is 5.62. The van der Waals surface area contributed by atoms with Crippen molar-refractivity contribution in [3.63, 3.8) is 0 Å². The maximum absolute atomic E-state index is 13.2. The van der Waals surface area contributed by atoms with Gasteiger partial charge in [-0.05, 0) is 22.0 Å². The van der Waals surface area contributed by atoms with Crippen LogP contribution in [-0.2, 0) is 0 Å². The molecule has 0 bridgehead atoms.